The molecule has 0 aliphatic rings. The van der Waals surface area contributed by atoms with E-state index in [0.29, 0.717) is 12.8 Å². The van der Waals surface area contributed by atoms with Gasteiger partial charge in [0.25, 0.3) is 0 Å². The summed E-state index contributed by atoms with van der Waals surface area (Å²) in [5.41, 5.74) is 6.80. The highest BCUT2D eigenvalue weighted by molar-refractivity contribution is 7.98. The van der Waals surface area contributed by atoms with Crippen LogP contribution in [-0.4, -0.2) is 70.2 Å². The summed E-state index contributed by atoms with van der Waals surface area (Å²) in [6.07, 6.45) is 4.47. The van der Waals surface area contributed by atoms with Gasteiger partial charge in [-0.15, -0.1) is 0 Å². The number of hydrogen-bond donors (Lipinski definition) is 4. The molecule has 0 saturated carbocycles. The average molecular weight is 417 g/mol. The van der Waals surface area contributed by atoms with Gasteiger partial charge in [0.2, 0.25) is 0 Å². The Labute approximate surface area is 160 Å². The zero-order valence-corrected chi connectivity index (χ0v) is 16.6. The van der Waals surface area contributed by atoms with Gasteiger partial charge < -0.3 is 41.5 Å². The van der Waals surface area contributed by atoms with Gasteiger partial charge in [0.15, 0.2) is 0 Å². The van der Waals surface area contributed by atoms with Gasteiger partial charge in [-0.1, -0.05) is 0 Å². The molecule has 0 rings (SSSR count). The van der Waals surface area contributed by atoms with Crippen molar-refractivity contribution in [2.45, 2.75) is 37.8 Å². The first kappa shape index (κ1) is 29.3. The molecule has 12 heteroatoms. The first-order valence-corrected chi connectivity index (χ1v) is 10.3. The Bertz CT molecular complexity index is 386. The lowest BCUT2D eigenvalue weighted by atomic mass is 10.2. The van der Waals surface area contributed by atoms with E-state index in [1.165, 1.54) is 0 Å². The number of carbonyl (C=O) groups is 4. The van der Waals surface area contributed by atoms with E-state index in [9.17, 15) is 29.4 Å². The lowest BCUT2D eigenvalue weighted by molar-refractivity contribution is -0.437. The van der Waals surface area contributed by atoms with Gasteiger partial charge in [-0.05, 0) is 24.0 Å². The second kappa shape index (κ2) is 19.8. The number of aliphatic carboxylic acids is 4. The van der Waals surface area contributed by atoms with E-state index >= 15 is 0 Å². The van der Waals surface area contributed by atoms with E-state index in [2.05, 4.69) is 11.5 Å². The first-order chi connectivity index (χ1) is 12.0. The fraction of sp³-hybridized carbons (Fsp3) is 0.714. The third kappa shape index (κ3) is 27.4. The molecular formula is C14H28N2O8S2. The Balaban J connectivity index is -0.000000306. The van der Waals surface area contributed by atoms with Crippen LogP contribution >= 0.6 is 23.5 Å². The molecule has 154 valence electrons. The normalized spacial score (nSPS) is 11.7. The third-order valence-corrected chi connectivity index (χ3v) is 3.85. The lowest BCUT2D eigenvalue weighted by Crippen LogP contribution is -2.68. The maximum absolute atomic E-state index is 10.0. The van der Waals surface area contributed by atoms with Crippen LogP contribution in [0.1, 0.15) is 25.7 Å². The molecule has 0 radical (unpaired) electrons. The van der Waals surface area contributed by atoms with Crippen molar-refractivity contribution >= 4 is 47.4 Å². The predicted molar refractivity (Wildman–Crippen MR) is 93.9 cm³/mol. The van der Waals surface area contributed by atoms with Crippen molar-refractivity contribution in [3.63, 3.8) is 0 Å². The maximum atomic E-state index is 10.0. The summed E-state index contributed by atoms with van der Waals surface area (Å²) in [5, 5.41) is 35.8. The molecule has 26 heavy (non-hydrogen) atoms. The summed E-state index contributed by atoms with van der Waals surface area (Å²) in [6.45, 7) is 0. The zero-order chi connectivity index (χ0) is 21.1. The summed E-state index contributed by atoms with van der Waals surface area (Å²) in [5.74, 6) is -2.59. The molecule has 8 N–H and O–H groups in total. The molecule has 0 aliphatic carbocycles. The number of carboxylic acid groups (broad SMARTS) is 4. The predicted octanol–water partition coefficient (Wildman–Crippen LogP) is -3.86. The number of rotatable bonds is 11. The summed E-state index contributed by atoms with van der Waals surface area (Å²) in [4.78, 5) is 39.3. The van der Waals surface area contributed by atoms with Gasteiger partial charge in [0, 0.05) is 12.8 Å². The monoisotopic (exact) mass is 416 g/mol. The van der Waals surface area contributed by atoms with Crippen LogP contribution < -0.4 is 21.7 Å². The van der Waals surface area contributed by atoms with Crippen molar-refractivity contribution in [2.75, 3.05) is 24.0 Å². The van der Waals surface area contributed by atoms with Crippen LogP contribution in [0.3, 0.4) is 0 Å². The minimum Gasteiger partial charge on any atom is -0.544 e. The highest BCUT2D eigenvalue weighted by Gasteiger charge is 2.05. The lowest BCUT2D eigenvalue weighted by Gasteiger charge is -2.06. The van der Waals surface area contributed by atoms with Crippen molar-refractivity contribution in [3.8, 4) is 0 Å². The van der Waals surface area contributed by atoms with Gasteiger partial charge >= 0.3 is 11.9 Å². The Kier molecular flexibility index (Phi) is 22.3. The maximum Gasteiger partial charge on any atom is 0.303 e. The molecule has 0 spiro atoms. The quantitative estimate of drug-likeness (QED) is 0.257. The molecule has 10 nitrogen and oxygen atoms in total. The molecule has 0 amide bonds. The second-order valence-corrected chi connectivity index (χ2v) is 6.85. The van der Waals surface area contributed by atoms with E-state index in [0.717, 1.165) is 11.5 Å². The number of carbonyl (C=O) groups excluding carboxylic acids is 2. The van der Waals surface area contributed by atoms with E-state index in [-0.39, 0.29) is 12.8 Å². The van der Waals surface area contributed by atoms with Crippen LogP contribution in [0.25, 0.3) is 0 Å². The molecule has 0 aromatic rings. The van der Waals surface area contributed by atoms with Crippen molar-refractivity contribution in [1.29, 1.82) is 0 Å². The van der Waals surface area contributed by atoms with Crippen LogP contribution in [0.5, 0.6) is 0 Å². The number of carboxylic acids is 4. The van der Waals surface area contributed by atoms with Crippen molar-refractivity contribution in [2.24, 2.45) is 0 Å². The molecular weight excluding hydrogens is 388 g/mol. The largest absolute Gasteiger partial charge is 0.544 e. The molecule has 0 fully saturated rings. The molecule has 0 aromatic carbocycles. The number of hydrogen-bond acceptors (Lipinski definition) is 8. The highest BCUT2D eigenvalue weighted by Crippen LogP contribution is 1.96. The summed E-state index contributed by atoms with van der Waals surface area (Å²) in [6, 6.07) is -1.09. The standard InChI is InChI=1S/2C5H11NO2S.C4H6O4/c2*1-9-3-2-4(6)5(7)8;5-3(6)1-2-4(7)8/h2*4H,2-3,6H2,1H3,(H,7,8);1-2H2,(H,5,6)(H,7,8)/t2*4-;/m00./s1. The SMILES string of the molecule is CSCC[C@H]([NH3+])C(=O)[O-].CSCC[C@H]([NH3+])C(=O)[O-].O=C(O)CCC(=O)O. The number of quaternary nitrogens is 2. The van der Waals surface area contributed by atoms with Gasteiger partial charge in [-0.25, -0.2) is 0 Å². The minimum atomic E-state index is -1.08. The fourth-order valence-corrected chi connectivity index (χ4v) is 2.01. The van der Waals surface area contributed by atoms with Gasteiger partial charge in [-0.2, -0.15) is 23.5 Å². The van der Waals surface area contributed by atoms with E-state index < -0.39 is 36.0 Å². The molecule has 0 saturated heterocycles. The molecule has 0 unspecified atom stereocenters. The van der Waals surface area contributed by atoms with Gasteiger partial charge in [-0.3, -0.25) is 9.59 Å². The summed E-state index contributed by atoms with van der Waals surface area (Å²) in [7, 11) is 0. The second-order valence-electron chi connectivity index (χ2n) is 4.88. The van der Waals surface area contributed by atoms with E-state index in [1.54, 1.807) is 23.5 Å². The Morgan fingerprint density at radius 1 is 0.808 bits per heavy atom. The topological polar surface area (TPSA) is 210 Å². The fourth-order valence-electron chi connectivity index (χ4n) is 0.970. The van der Waals surface area contributed by atoms with Gasteiger partial charge in [0.05, 0.1) is 24.8 Å². The minimum absolute atomic E-state index is 0.296. The molecule has 2 atom stereocenters. The van der Waals surface area contributed by atoms with Crippen molar-refractivity contribution in [3.05, 3.63) is 0 Å². The van der Waals surface area contributed by atoms with Crippen molar-refractivity contribution in [1.82, 2.24) is 0 Å². The Hall–Kier alpha value is -1.50. The van der Waals surface area contributed by atoms with Gasteiger partial charge in [0.1, 0.15) is 12.1 Å². The van der Waals surface area contributed by atoms with Crippen LogP contribution in [-0.2, 0) is 19.2 Å². The number of thioether (sulfide) groups is 2. The molecule has 0 aromatic heterocycles. The summed E-state index contributed by atoms with van der Waals surface area (Å²) < 4.78 is 0. The first-order valence-electron chi connectivity index (χ1n) is 7.48. The van der Waals surface area contributed by atoms with Crippen LogP contribution in [0.2, 0.25) is 0 Å². The molecule has 0 aliphatic heterocycles. The summed E-state index contributed by atoms with van der Waals surface area (Å²) >= 11 is 3.23. The highest BCUT2D eigenvalue weighted by atomic mass is 32.2. The average Bonchev–Trinajstić information content (AvgIpc) is 2.56. The van der Waals surface area contributed by atoms with E-state index in [4.69, 9.17) is 10.2 Å². The Morgan fingerprint density at radius 2 is 1.08 bits per heavy atom. The third-order valence-electron chi connectivity index (χ3n) is 2.56. The molecule has 0 bridgehead atoms. The Morgan fingerprint density at radius 3 is 1.23 bits per heavy atom. The van der Waals surface area contributed by atoms with Crippen LogP contribution in [0, 0.1) is 0 Å². The van der Waals surface area contributed by atoms with Crippen molar-refractivity contribution < 1.29 is 51.1 Å². The smallest absolute Gasteiger partial charge is 0.303 e. The van der Waals surface area contributed by atoms with Crippen LogP contribution in [0.4, 0.5) is 0 Å². The zero-order valence-electron chi connectivity index (χ0n) is 15.0. The van der Waals surface area contributed by atoms with Crippen LogP contribution in [0.15, 0.2) is 0 Å². The van der Waals surface area contributed by atoms with E-state index in [1.807, 2.05) is 12.5 Å². The molecule has 0 heterocycles.